The predicted octanol–water partition coefficient (Wildman–Crippen LogP) is 3.24. The van der Waals surface area contributed by atoms with E-state index in [9.17, 15) is 13.6 Å². The van der Waals surface area contributed by atoms with E-state index in [-0.39, 0.29) is 17.4 Å². The van der Waals surface area contributed by atoms with Gasteiger partial charge in [-0.3, -0.25) is 4.79 Å². The summed E-state index contributed by atoms with van der Waals surface area (Å²) in [6.07, 6.45) is -2.41. The first-order valence-corrected chi connectivity index (χ1v) is 5.09. The Bertz CT molecular complexity index is 396. The molecule has 0 radical (unpaired) electrons. The molecule has 0 unspecified atom stereocenters. The second-order valence-corrected chi connectivity index (χ2v) is 3.90. The molecule has 5 heteroatoms. The molecule has 88 valence electrons. The van der Waals surface area contributed by atoms with Crippen molar-refractivity contribution in [2.24, 2.45) is 0 Å². The maximum absolute atomic E-state index is 12.2. The number of benzene rings is 1. The summed E-state index contributed by atoms with van der Waals surface area (Å²) in [5.74, 6) is -0.145. The number of ketones is 1. The van der Waals surface area contributed by atoms with Crippen molar-refractivity contribution in [2.45, 2.75) is 13.3 Å². The third kappa shape index (κ3) is 3.17. The van der Waals surface area contributed by atoms with Gasteiger partial charge in [-0.05, 0) is 25.1 Å². The number of halogens is 3. The number of hydrogen-bond acceptors (Lipinski definition) is 2. The largest absolute Gasteiger partial charge is 0.369 e. The molecule has 0 aromatic heterocycles. The van der Waals surface area contributed by atoms with Crippen molar-refractivity contribution in [3.8, 4) is 0 Å². The van der Waals surface area contributed by atoms with Crippen LogP contribution < -0.4 is 4.90 Å². The molecular weight excluding hydrogens is 236 g/mol. The fraction of sp³-hybridized carbons (Fsp3) is 0.364. The smallest absolute Gasteiger partial charge is 0.255 e. The summed E-state index contributed by atoms with van der Waals surface area (Å²) in [5, 5.41) is 0.283. The molecular formula is C11H12ClF2NO. The lowest BCUT2D eigenvalue weighted by molar-refractivity contribution is 0.101. The fourth-order valence-electron chi connectivity index (χ4n) is 1.34. The first-order chi connectivity index (χ1) is 7.41. The van der Waals surface area contributed by atoms with Crippen molar-refractivity contribution < 1.29 is 13.6 Å². The number of carbonyl (C=O) groups is 1. The fourth-order valence-corrected chi connectivity index (χ4v) is 1.65. The van der Waals surface area contributed by atoms with Crippen molar-refractivity contribution in [3.05, 3.63) is 28.8 Å². The Morgan fingerprint density at radius 1 is 1.50 bits per heavy atom. The lowest BCUT2D eigenvalue weighted by atomic mass is 10.1. The molecule has 0 atom stereocenters. The quantitative estimate of drug-likeness (QED) is 0.762. The second-order valence-electron chi connectivity index (χ2n) is 3.49. The van der Waals surface area contributed by atoms with Crippen molar-refractivity contribution in [3.63, 3.8) is 0 Å². The van der Waals surface area contributed by atoms with Gasteiger partial charge in [0.05, 0.1) is 11.6 Å². The number of hydrogen-bond donors (Lipinski definition) is 0. The highest BCUT2D eigenvalue weighted by Gasteiger charge is 2.11. The van der Waals surface area contributed by atoms with Crippen LogP contribution in [-0.4, -0.2) is 25.8 Å². The standard InChI is InChI=1S/C11H12ClF2NO/c1-7(16)9-4-3-8(5-10(9)12)15(2)6-11(13)14/h3-5,11H,6H2,1-2H3. The molecule has 0 N–H and O–H groups in total. The molecule has 0 aliphatic rings. The Balaban J connectivity index is 2.92. The number of rotatable bonds is 4. The van der Waals surface area contributed by atoms with Gasteiger partial charge >= 0.3 is 0 Å². The summed E-state index contributed by atoms with van der Waals surface area (Å²) < 4.78 is 24.3. The number of Topliss-reactive ketones (excluding diaryl/α,β-unsaturated/α-hetero) is 1. The molecule has 0 heterocycles. The van der Waals surface area contributed by atoms with Crippen LogP contribution in [0.4, 0.5) is 14.5 Å². The molecule has 1 aromatic carbocycles. The SMILES string of the molecule is CC(=O)c1ccc(N(C)CC(F)F)cc1Cl. The molecule has 1 aromatic rings. The molecule has 16 heavy (non-hydrogen) atoms. The molecule has 0 fully saturated rings. The van der Waals surface area contributed by atoms with E-state index in [1.54, 1.807) is 19.2 Å². The molecule has 0 spiro atoms. The second kappa shape index (κ2) is 5.25. The van der Waals surface area contributed by atoms with Gasteiger partial charge in [0.1, 0.15) is 0 Å². The Morgan fingerprint density at radius 3 is 2.56 bits per heavy atom. The first-order valence-electron chi connectivity index (χ1n) is 4.71. The zero-order chi connectivity index (χ0) is 12.3. The molecule has 0 amide bonds. The van der Waals surface area contributed by atoms with Gasteiger partial charge < -0.3 is 4.90 Å². The molecule has 1 rings (SSSR count). The summed E-state index contributed by atoms with van der Waals surface area (Å²) >= 11 is 5.87. The van der Waals surface area contributed by atoms with Crippen LogP contribution in [0, 0.1) is 0 Å². The number of alkyl halides is 2. The maximum atomic E-state index is 12.2. The maximum Gasteiger partial charge on any atom is 0.255 e. The van der Waals surface area contributed by atoms with Gasteiger partial charge in [0.2, 0.25) is 0 Å². The van der Waals surface area contributed by atoms with E-state index in [1.165, 1.54) is 17.9 Å². The summed E-state index contributed by atoms with van der Waals surface area (Å²) in [7, 11) is 1.55. The van der Waals surface area contributed by atoms with E-state index >= 15 is 0 Å². The summed E-state index contributed by atoms with van der Waals surface area (Å²) in [5.41, 5.74) is 0.964. The van der Waals surface area contributed by atoms with Gasteiger partial charge in [0.15, 0.2) is 5.78 Å². The average molecular weight is 248 g/mol. The lowest BCUT2D eigenvalue weighted by Gasteiger charge is -2.19. The molecule has 0 aliphatic heterocycles. The van der Waals surface area contributed by atoms with Gasteiger partial charge in [0.25, 0.3) is 6.43 Å². The van der Waals surface area contributed by atoms with Crippen LogP contribution in [0.5, 0.6) is 0 Å². The van der Waals surface area contributed by atoms with Crippen LogP contribution in [0.1, 0.15) is 17.3 Å². The Kier molecular flexibility index (Phi) is 4.24. The summed E-state index contributed by atoms with van der Waals surface area (Å²) in [6, 6.07) is 4.66. The van der Waals surface area contributed by atoms with Crippen molar-refractivity contribution >= 4 is 23.1 Å². The van der Waals surface area contributed by atoms with E-state index < -0.39 is 6.43 Å². The van der Waals surface area contributed by atoms with E-state index in [1.807, 2.05) is 0 Å². The van der Waals surface area contributed by atoms with Crippen molar-refractivity contribution in [2.75, 3.05) is 18.5 Å². The van der Waals surface area contributed by atoms with E-state index in [2.05, 4.69) is 0 Å². The van der Waals surface area contributed by atoms with Crippen LogP contribution in [0.2, 0.25) is 5.02 Å². The van der Waals surface area contributed by atoms with E-state index in [0.29, 0.717) is 11.3 Å². The molecule has 0 bridgehead atoms. The molecule has 0 saturated heterocycles. The third-order valence-electron chi connectivity index (χ3n) is 2.18. The Morgan fingerprint density at radius 2 is 2.12 bits per heavy atom. The minimum absolute atomic E-state index is 0.145. The van der Waals surface area contributed by atoms with Crippen molar-refractivity contribution in [1.82, 2.24) is 0 Å². The zero-order valence-corrected chi connectivity index (χ0v) is 9.76. The average Bonchev–Trinajstić information content (AvgIpc) is 2.15. The predicted molar refractivity (Wildman–Crippen MR) is 60.7 cm³/mol. The highest BCUT2D eigenvalue weighted by atomic mass is 35.5. The summed E-state index contributed by atoms with van der Waals surface area (Å²) in [6.45, 7) is 1.04. The minimum Gasteiger partial charge on any atom is -0.369 e. The van der Waals surface area contributed by atoms with E-state index in [0.717, 1.165) is 0 Å². The van der Waals surface area contributed by atoms with Gasteiger partial charge in [-0.15, -0.1) is 0 Å². The van der Waals surface area contributed by atoms with Crippen molar-refractivity contribution in [1.29, 1.82) is 0 Å². The topological polar surface area (TPSA) is 20.3 Å². The van der Waals surface area contributed by atoms with Gasteiger partial charge in [-0.2, -0.15) is 0 Å². The number of anilines is 1. The minimum atomic E-state index is -2.41. The monoisotopic (exact) mass is 247 g/mol. The highest BCUT2D eigenvalue weighted by molar-refractivity contribution is 6.34. The molecule has 0 saturated carbocycles. The first kappa shape index (κ1) is 12.9. The zero-order valence-electron chi connectivity index (χ0n) is 9.01. The van der Waals surface area contributed by atoms with Crippen LogP contribution in [0.25, 0.3) is 0 Å². The van der Waals surface area contributed by atoms with E-state index in [4.69, 9.17) is 11.6 Å². The lowest BCUT2D eigenvalue weighted by Crippen LogP contribution is -2.23. The summed E-state index contributed by atoms with van der Waals surface area (Å²) in [4.78, 5) is 12.5. The Hall–Kier alpha value is -1.16. The van der Waals surface area contributed by atoms with Gasteiger partial charge in [-0.25, -0.2) is 8.78 Å². The normalized spacial score (nSPS) is 10.6. The number of carbonyl (C=O) groups excluding carboxylic acids is 1. The number of nitrogens with zero attached hydrogens (tertiary/aromatic N) is 1. The highest BCUT2D eigenvalue weighted by Crippen LogP contribution is 2.23. The van der Waals surface area contributed by atoms with Crippen LogP contribution in [0.3, 0.4) is 0 Å². The van der Waals surface area contributed by atoms with Crippen LogP contribution >= 0.6 is 11.6 Å². The van der Waals surface area contributed by atoms with Crippen LogP contribution in [0.15, 0.2) is 18.2 Å². The molecule has 2 nitrogen and oxygen atoms in total. The van der Waals surface area contributed by atoms with Gasteiger partial charge in [-0.1, -0.05) is 11.6 Å². The van der Waals surface area contributed by atoms with Crippen LogP contribution in [-0.2, 0) is 0 Å². The molecule has 0 aliphatic carbocycles. The third-order valence-corrected chi connectivity index (χ3v) is 2.50. The Labute approximate surface area is 97.8 Å². The van der Waals surface area contributed by atoms with Gasteiger partial charge in [0, 0.05) is 18.3 Å².